The van der Waals surface area contributed by atoms with E-state index in [1.807, 2.05) is 18.2 Å². The van der Waals surface area contributed by atoms with Crippen molar-refractivity contribution in [1.29, 1.82) is 0 Å². The second kappa shape index (κ2) is 11.9. The number of halogens is 3. The highest BCUT2D eigenvalue weighted by atomic mass is 19.4. The van der Waals surface area contributed by atoms with Gasteiger partial charge in [-0.05, 0) is 48.9 Å². The van der Waals surface area contributed by atoms with Gasteiger partial charge in [-0.15, -0.1) is 0 Å². The topological polar surface area (TPSA) is 82.3 Å². The predicted molar refractivity (Wildman–Crippen MR) is 131 cm³/mol. The number of carbonyl (C=O) groups excluding carboxylic acids is 2. The average molecular weight is 503 g/mol. The molecule has 4 atom stereocenters. The molecule has 36 heavy (non-hydrogen) atoms. The molecule has 194 valence electrons. The van der Waals surface area contributed by atoms with Crippen LogP contribution >= 0.6 is 0 Å². The first kappa shape index (κ1) is 26.2. The van der Waals surface area contributed by atoms with Crippen LogP contribution in [0.3, 0.4) is 0 Å². The quantitative estimate of drug-likeness (QED) is 0.445. The van der Waals surface area contributed by atoms with Crippen LogP contribution < -0.4 is 21.3 Å². The van der Waals surface area contributed by atoms with Crippen LogP contribution in [0, 0.1) is 5.92 Å². The van der Waals surface area contributed by atoms with E-state index in [2.05, 4.69) is 33.4 Å². The number of rotatable bonds is 8. The summed E-state index contributed by atoms with van der Waals surface area (Å²) < 4.78 is 38.6. The van der Waals surface area contributed by atoms with Crippen molar-refractivity contribution in [2.24, 2.45) is 5.92 Å². The summed E-state index contributed by atoms with van der Waals surface area (Å²) in [5.41, 5.74) is 0.229. The summed E-state index contributed by atoms with van der Waals surface area (Å²) in [7, 11) is 0. The van der Waals surface area contributed by atoms with Gasteiger partial charge in [0.1, 0.15) is 0 Å². The van der Waals surface area contributed by atoms with E-state index in [4.69, 9.17) is 0 Å². The van der Waals surface area contributed by atoms with Gasteiger partial charge < -0.3 is 21.3 Å². The molecule has 0 bridgehead atoms. The Balaban J connectivity index is 1.23. The van der Waals surface area contributed by atoms with Crippen LogP contribution in [0.4, 0.5) is 13.2 Å². The van der Waals surface area contributed by atoms with Gasteiger partial charge in [0.25, 0.3) is 5.91 Å². The van der Waals surface area contributed by atoms with E-state index >= 15 is 0 Å². The first-order chi connectivity index (χ1) is 17.3. The van der Waals surface area contributed by atoms with Crippen LogP contribution in [0.25, 0.3) is 0 Å². The van der Waals surface area contributed by atoms with Crippen LogP contribution in [0.1, 0.15) is 53.6 Å². The monoisotopic (exact) mass is 502 g/mol. The Kier molecular flexibility index (Phi) is 8.64. The van der Waals surface area contributed by atoms with Gasteiger partial charge in [-0.3, -0.25) is 9.59 Å². The molecule has 1 saturated carbocycles. The first-order valence-corrected chi connectivity index (χ1v) is 12.5. The van der Waals surface area contributed by atoms with Gasteiger partial charge in [-0.2, -0.15) is 13.2 Å². The van der Waals surface area contributed by atoms with Gasteiger partial charge in [-0.25, -0.2) is 0 Å². The van der Waals surface area contributed by atoms with Gasteiger partial charge in [0, 0.05) is 36.8 Å². The molecule has 1 heterocycles. The minimum Gasteiger partial charge on any atom is -0.350 e. The molecule has 9 heteroatoms. The summed E-state index contributed by atoms with van der Waals surface area (Å²) in [6.45, 7) is 1.20. The van der Waals surface area contributed by atoms with Crippen LogP contribution in [0.2, 0.25) is 0 Å². The fraction of sp³-hybridized carbons (Fsp3) is 0.481. The SMILES string of the molecule is O=C(CNC(=O)c1cccc(C(F)(F)F)c1)N[C@H]1CNC(C2CCCCC2NCc2ccccc2)C1. The van der Waals surface area contributed by atoms with Crippen LogP contribution in [-0.2, 0) is 17.5 Å². The van der Waals surface area contributed by atoms with Gasteiger partial charge in [0.2, 0.25) is 5.91 Å². The Morgan fingerprint density at radius 1 is 1.00 bits per heavy atom. The molecule has 1 saturated heterocycles. The van der Waals surface area contributed by atoms with E-state index in [-0.39, 0.29) is 24.1 Å². The first-order valence-electron chi connectivity index (χ1n) is 12.5. The molecule has 3 unspecified atom stereocenters. The van der Waals surface area contributed by atoms with E-state index < -0.39 is 17.6 Å². The maximum atomic E-state index is 12.9. The molecule has 6 nitrogen and oxygen atoms in total. The molecule has 0 radical (unpaired) electrons. The van der Waals surface area contributed by atoms with Crippen LogP contribution in [0.15, 0.2) is 54.6 Å². The van der Waals surface area contributed by atoms with E-state index in [0.717, 1.165) is 37.9 Å². The lowest BCUT2D eigenvalue weighted by molar-refractivity contribution is -0.137. The molecule has 0 spiro atoms. The third-order valence-electron chi connectivity index (χ3n) is 7.14. The number of hydrogen-bond donors (Lipinski definition) is 4. The Morgan fingerprint density at radius 3 is 2.56 bits per heavy atom. The highest BCUT2D eigenvalue weighted by molar-refractivity contribution is 5.96. The zero-order chi connectivity index (χ0) is 25.5. The summed E-state index contributed by atoms with van der Waals surface area (Å²) in [5, 5.41) is 12.7. The van der Waals surface area contributed by atoms with Crippen molar-refractivity contribution >= 4 is 11.8 Å². The molecular formula is C27H33F3N4O2. The highest BCUT2D eigenvalue weighted by Crippen LogP contribution is 2.31. The molecule has 1 aliphatic carbocycles. The van der Waals surface area contributed by atoms with Crippen molar-refractivity contribution in [1.82, 2.24) is 21.3 Å². The van der Waals surface area contributed by atoms with E-state index in [1.54, 1.807) is 0 Å². The van der Waals surface area contributed by atoms with E-state index in [1.165, 1.54) is 30.5 Å². The standard InChI is InChI=1S/C27H33F3N4O2/c28-27(29,30)20-10-6-9-19(13-20)26(36)33-17-25(35)34-21-14-24(32-16-21)22-11-4-5-12-23(22)31-15-18-7-2-1-3-8-18/h1-3,6-10,13,21-24,31-32H,4-5,11-12,14-17H2,(H,33,36)(H,34,35)/t21-,22?,23?,24?/m1/s1. The lowest BCUT2D eigenvalue weighted by Gasteiger charge is -2.36. The third-order valence-corrected chi connectivity index (χ3v) is 7.14. The van der Waals surface area contributed by atoms with Crippen molar-refractivity contribution < 1.29 is 22.8 Å². The van der Waals surface area contributed by atoms with Gasteiger partial charge in [0.05, 0.1) is 12.1 Å². The number of amides is 2. The molecule has 2 aromatic carbocycles. The normalized spacial score (nSPS) is 24.3. The van der Waals surface area contributed by atoms with Crippen LogP contribution in [-0.4, -0.2) is 43.0 Å². The summed E-state index contributed by atoms with van der Waals surface area (Å²) in [6, 6.07) is 15.2. The maximum Gasteiger partial charge on any atom is 0.416 e. The smallest absolute Gasteiger partial charge is 0.350 e. The minimum atomic E-state index is -4.53. The average Bonchev–Trinajstić information content (AvgIpc) is 3.34. The second-order valence-electron chi connectivity index (χ2n) is 9.70. The summed E-state index contributed by atoms with van der Waals surface area (Å²) in [5.74, 6) is -0.594. The fourth-order valence-electron chi connectivity index (χ4n) is 5.32. The molecule has 2 aliphatic rings. The Morgan fingerprint density at radius 2 is 1.78 bits per heavy atom. The number of carbonyl (C=O) groups is 2. The number of nitrogens with one attached hydrogen (secondary N) is 4. The third kappa shape index (κ3) is 7.07. The van der Waals surface area contributed by atoms with Gasteiger partial charge >= 0.3 is 6.18 Å². The van der Waals surface area contributed by atoms with Crippen molar-refractivity contribution in [3.05, 3.63) is 71.3 Å². The molecule has 1 aliphatic heterocycles. The summed E-state index contributed by atoms with van der Waals surface area (Å²) in [4.78, 5) is 24.7. The van der Waals surface area contributed by atoms with Gasteiger partial charge in [-0.1, -0.05) is 49.2 Å². The van der Waals surface area contributed by atoms with E-state index in [0.29, 0.717) is 24.5 Å². The predicted octanol–water partition coefficient (Wildman–Crippen LogP) is 3.63. The minimum absolute atomic E-state index is 0.0512. The Hall–Kier alpha value is -2.91. The molecule has 0 aromatic heterocycles. The number of hydrogen-bond acceptors (Lipinski definition) is 4. The highest BCUT2D eigenvalue weighted by Gasteiger charge is 2.36. The maximum absolute atomic E-state index is 12.9. The molecule has 4 N–H and O–H groups in total. The molecule has 2 aromatic rings. The molecule has 2 fully saturated rings. The number of alkyl halides is 3. The van der Waals surface area contributed by atoms with Crippen molar-refractivity contribution in [2.75, 3.05) is 13.1 Å². The van der Waals surface area contributed by atoms with Crippen molar-refractivity contribution in [3.8, 4) is 0 Å². The largest absolute Gasteiger partial charge is 0.416 e. The molecule has 2 amide bonds. The Labute approximate surface area is 209 Å². The van der Waals surface area contributed by atoms with Crippen molar-refractivity contribution in [2.45, 2.75) is 63.0 Å². The summed E-state index contributed by atoms with van der Waals surface area (Å²) >= 11 is 0. The lowest BCUT2D eigenvalue weighted by atomic mass is 9.79. The molecular weight excluding hydrogens is 469 g/mol. The van der Waals surface area contributed by atoms with Crippen molar-refractivity contribution in [3.63, 3.8) is 0 Å². The Bertz CT molecular complexity index is 1030. The number of benzene rings is 2. The fourth-order valence-corrected chi connectivity index (χ4v) is 5.32. The zero-order valence-corrected chi connectivity index (χ0v) is 20.1. The second-order valence-corrected chi connectivity index (χ2v) is 9.70. The zero-order valence-electron chi connectivity index (χ0n) is 20.1. The summed E-state index contributed by atoms with van der Waals surface area (Å²) in [6.07, 6.45) is 0.952. The van der Waals surface area contributed by atoms with E-state index in [9.17, 15) is 22.8 Å². The van der Waals surface area contributed by atoms with Gasteiger partial charge in [0.15, 0.2) is 0 Å². The molecule has 4 rings (SSSR count). The van der Waals surface area contributed by atoms with Crippen LogP contribution in [0.5, 0.6) is 0 Å². The lowest BCUT2D eigenvalue weighted by Crippen LogP contribution is -2.46.